The molecule has 5 nitrogen and oxygen atoms in total. The van der Waals surface area contributed by atoms with Crippen molar-refractivity contribution in [3.63, 3.8) is 0 Å². The first-order chi connectivity index (χ1) is 10.4. The van der Waals surface area contributed by atoms with E-state index in [0.29, 0.717) is 21.5 Å². The van der Waals surface area contributed by atoms with Crippen molar-refractivity contribution in [2.45, 2.75) is 11.3 Å². The van der Waals surface area contributed by atoms with Crippen molar-refractivity contribution in [3.8, 4) is 6.07 Å². The number of esters is 1. The summed E-state index contributed by atoms with van der Waals surface area (Å²) in [5.74, 6) is -0.854. The minimum atomic E-state index is -0.525. The molecule has 0 N–H and O–H groups in total. The first-order valence-electron chi connectivity index (χ1n) is 6.28. The standard InChI is InChI=1S/C14H14Cl2N2O3S/c1-18(6-2-5-17)13(19)8-21-14(20)9-22-12-7-10(15)3-4-11(12)16/h3-4,7H,2,6,8-9H2,1H3. The van der Waals surface area contributed by atoms with Crippen molar-refractivity contribution < 1.29 is 14.3 Å². The van der Waals surface area contributed by atoms with E-state index >= 15 is 0 Å². The van der Waals surface area contributed by atoms with Crippen LogP contribution >= 0.6 is 35.0 Å². The van der Waals surface area contributed by atoms with Crippen LogP contribution in [0.4, 0.5) is 0 Å². The van der Waals surface area contributed by atoms with Crippen LogP contribution in [0.15, 0.2) is 23.1 Å². The van der Waals surface area contributed by atoms with E-state index in [1.807, 2.05) is 6.07 Å². The summed E-state index contributed by atoms with van der Waals surface area (Å²) in [7, 11) is 1.55. The van der Waals surface area contributed by atoms with E-state index in [1.165, 1.54) is 16.7 Å². The van der Waals surface area contributed by atoms with Gasteiger partial charge in [0, 0.05) is 23.5 Å². The summed E-state index contributed by atoms with van der Waals surface area (Å²) in [5.41, 5.74) is 0. The van der Waals surface area contributed by atoms with Gasteiger partial charge in [-0.1, -0.05) is 23.2 Å². The molecule has 0 atom stereocenters. The molecule has 8 heteroatoms. The number of thioether (sulfide) groups is 1. The van der Waals surface area contributed by atoms with Gasteiger partial charge in [-0.3, -0.25) is 9.59 Å². The minimum absolute atomic E-state index is 0.0231. The number of ether oxygens (including phenoxy) is 1. The summed E-state index contributed by atoms with van der Waals surface area (Å²) in [6.07, 6.45) is 0.235. The van der Waals surface area contributed by atoms with Gasteiger partial charge in [-0.25, -0.2) is 0 Å². The van der Waals surface area contributed by atoms with E-state index in [2.05, 4.69) is 0 Å². The Kier molecular flexibility index (Phi) is 8.10. The van der Waals surface area contributed by atoms with Crippen LogP contribution in [0.1, 0.15) is 6.42 Å². The Hall–Kier alpha value is -1.42. The van der Waals surface area contributed by atoms with Gasteiger partial charge in [0.1, 0.15) is 0 Å². The Balaban J connectivity index is 2.36. The fourth-order valence-electron chi connectivity index (χ4n) is 1.36. The van der Waals surface area contributed by atoms with Gasteiger partial charge in [0.25, 0.3) is 5.91 Å². The largest absolute Gasteiger partial charge is 0.455 e. The smallest absolute Gasteiger partial charge is 0.316 e. The van der Waals surface area contributed by atoms with E-state index in [1.54, 1.807) is 25.2 Å². The number of carbonyl (C=O) groups is 2. The second-order valence-electron chi connectivity index (χ2n) is 4.25. The molecule has 0 aliphatic heterocycles. The molecule has 0 saturated heterocycles. The van der Waals surface area contributed by atoms with Crippen molar-refractivity contribution in [1.82, 2.24) is 4.90 Å². The van der Waals surface area contributed by atoms with Crippen molar-refractivity contribution in [2.75, 3.05) is 26.0 Å². The monoisotopic (exact) mass is 360 g/mol. The minimum Gasteiger partial charge on any atom is -0.455 e. The number of nitriles is 1. The molecule has 1 amide bonds. The van der Waals surface area contributed by atoms with E-state index in [0.717, 1.165) is 0 Å². The molecule has 1 aromatic carbocycles. The predicted molar refractivity (Wildman–Crippen MR) is 86.0 cm³/mol. The van der Waals surface area contributed by atoms with Crippen LogP contribution in [0, 0.1) is 11.3 Å². The normalized spacial score (nSPS) is 9.91. The Morgan fingerprint density at radius 3 is 2.82 bits per heavy atom. The molecule has 1 aromatic rings. The highest BCUT2D eigenvalue weighted by Crippen LogP contribution is 2.29. The summed E-state index contributed by atoms with van der Waals surface area (Å²) in [6, 6.07) is 6.89. The lowest BCUT2D eigenvalue weighted by Crippen LogP contribution is -2.32. The molecule has 0 aliphatic carbocycles. The summed E-state index contributed by atoms with van der Waals surface area (Å²) in [6.45, 7) is -0.0373. The fraction of sp³-hybridized carbons (Fsp3) is 0.357. The molecule has 118 valence electrons. The second-order valence-corrected chi connectivity index (χ2v) is 6.11. The molecule has 0 unspecified atom stereocenters. The van der Waals surface area contributed by atoms with Gasteiger partial charge in [0.05, 0.1) is 23.3 Å². The summed E-state index contributed by atoms with van der Waals surface area (Å²) >= 11 is 13.0. The van der Waals surface area contributed by atoms with Crippen LogP contribution < -0.4 is 0 Å². The first kappa shape index (κ1) is 18.6. The number of rotatable bonds is 7. The quantitative estimate of drug-likeness (QED) is 0.552. The highest BCUT2D eigenvalue weighted by Gasteiger charge is 2.13. The Labute approximate surface area is 143 Å². The van der Waals surface area contributed by atoms with Gasteiger partial charge in [-0.05, 0) is 18.2 Å². The lowest BCUT2D eigenvalue weighted by molar-refractivity contribution is -0.149. The zero-order valence-corrected chi connectivity index (χ0v) is 14.2. The van der Waals surface area contributed by atoms with E-state index < -0.39 is 5.97 Å². The molecule has 0 bridgehead atoms. The number of likely N-dealkylation sites (N-methyl/N-ethyl adjacent to an activating group) is 1. The maximum atomic E-state index is 11.6. The third-order valence-corrected chi connectivity index (χ3v) is 4.29. The molecule has 0 aromatic heterocycles. The van der Waals surface area contributed by atoms with Crippen LogP contribution in [-0.4, -0.2) is 42.7 Å². The van der Waals surface area contributed by atoms with E-state index in [9.17, 15) is 9.59 Å². The topological polar surface area (TPSA) is 70.4 Å². The van der Waals surface area contributed by atoms with Crippen molar-refractivity contribution in [3.05, 3.63) is 28.2 Å². The molecule has 0 spiro atoms. The number of carbonyl (C=O) groups excluding carboxylic acids is 2. The molecule has 0 heterocycles. The van der Waals surface area contributed by atoms with Crippen LogP contribution in [0.2, 0.25) is 10.0 Å². The fourth-order valence-corrected chi connectivity index (χ4v) is 2.65. The van der Waals surface area contributed by atoms with E-state index in [4.69, 9.17) is 33.2 Å². The predicted octanol–water partition coefficient (Wildman–Crippen LogP) is 3.00. The highest BCUT2D eigenvalue weighted by molar-refractivity contribution is 8.00. The number of halogens is 2. The van der Waals surface area contributed by atoms with Crippen LogP contribution in [0.3, 0.4) is 0 Å². The van der Waals surface area contributed by atoms with Gasteiger partial charge < -0.3 is 9.64 Å². The van der Waals surface area contributed by atoms with Crippen molar-refractivity contribution in [1.29, 1.82) is 5.26 Å². The molecule has 0 radical (unpaired) electrons. The van der Waals surface area contributed by atoms with Crippen molar-refractivity contribution in [2.24, 2.45) is 0 Å². The zero-order valence-electron chi connectivity index (χ0n) is 11.8. The van der Waals surface area contributed by atoms with Gasteiger partial charge in [0.2, 0.25) is 0 Å². The highest BCUT2D eigenvalue weighted by atomic mass is 35.5. The summed E-state index contributed by atoms with van der Waals surface area (Å²) in [4.78, 5) is 25.2. The maximum Gasteiger partial charge on any atom is 0.316 e. The number of benzene rings is 1. The molecule has 0 fully saturated rings. The SMILES string of the molecule is CN(CCC#N)C(=O)COC(=O)CSc1cc(Cl)ccc1Cl. The van der Waals surface area contributed by atoms with Crippen molar-refractivity contribution >= 4 is 46.8 Å². The van der Waals surface area contributed by atoms with Crippen LogP contribution in [0.5, 0.6) is 0 Å². The lowest BCUT2D eigenvalue weighted by Gasteiger charge is -2.15. The third kappa shape index (κ3) is 6.56. The maximum absolute atomic E-state index is 11.6. The number of hydrogen-bond donors (Lipinski definition) is 0. The number of hydrogen-bond acceptors (Lipinski definition) is 5. The van der Waals surface area contributed by atoms with Gasteiger partial charge >= 0.3 is 5.97 Å². The average molecular weight is 361 g/mol. The van der Waals surface area contributed by atoms with E-state index in [-0.39, 0.29) is 24.7 Å². The molecule has 0 saturated carbocycles. The summed E-state index contributed by atoms with van der Waals surface area (Å²) < 4.78 is 4.89. The van der Waals surface area contributed by atoms with Gasteiger partial charge in [-0.15, -0.1) is 11.8 Å². The lowest BCUT2D eigenvalue weighted by atomic mass is 10.4. The molecule has 22 heavy (non-hydrogen) atoms. The Bertz CT molecular complexity index is 590. The summed E-state index contributed by atoms with van der Waals surface area (Å²) in [5, 5.41) is 9.46. The Morgan fingerprint density at radius 2 is 2.14 bits per heavy atom. The Morgan fingerprint density at radius 1 is 1.41 bits per heavy atom. The molecule has 0 aliphatic rings. The number of amides is 1. The van der Waals surface area contributed by atoms with Gasteiger partial charge in [0.15, 0.2) is 6.61 Å². The second kappa shape index (κ2) is 9.57. The first-order valence-corrected chi connectivity index (χ1v) is 8.02. The molecular formula is C14H14Cl2N2O3S. The third-order valence-electron chi connectivity index (χ3n) is 2.58. The molecule has 1 rings (SSSR count). The zero-order chi connectivity index (χ0) is 16.5. The number of nitrogens with zero attached hydrogens (tertiary/aromatic N) is 2. The van der Waals surface area contributed by atoms with Crippen LogP contribution in [-0.2, 0) is 14.3 Å². The van der Waals surface area contributed by atoms with Gasteiger partial charge in [-0.2, -0.15) is 5.26 Å². The molecular weight excluding hydrogens is 347 g/mol. The average Bonchev–Trinajstić information content (AvgIpc) is 2.50. The van der Waals surface area contributed by atoms with Crippen LogP contribution in [0.25, 0.3) is 0 Å².